The van der Waals surface area contributed by atoms with Gasteiger partial charge < -0.3 is 4.74 Å². The van der Waals surface area contributed by atoms with Gasteiger partial charge in [0.25, 0.3) is 0 Å². The van der Waals surface area contributed by atoms with Crippen molar-refractivity contribution in [2.75, 3.05) is 7.11 Å². The van der Waals surface area contributed by atoms with Gasteiger partial charge in [0, 0.05) is 7.11 Å². The summed E-state index contributed by atoms with van der Waals surface area (Å²) in [5.41, 5.74) is 1.64. The van der Waals surface area contributed by atoms with Gasteiger partial charge in [0.15, 0.2) is 5.78 Å². The number of hydrogen-bond acceptors (Lipinski definition) is 2. The summed E-state index contributed by atoms with van der Waals surface area (Å²) in [4.78, 5) is 11.1. The predicted octanol–water partition coefficient (Wildman–Crippen LogP) is 2.53. The lowest BCUT2D eigenvalue weighted by molar-refractivity contribution is -0.110. The highest BCUT2D eigenvalue weighted by Crippen LogP contribution is 2.30. The Morgan fingerprint density at radius 1 is 1.06 bits per heavy atom. The minimum Gasteiger partial charge on any atom is -0.365 e. The number of ether oxygens (including phenoxy) is 1. The van der Waals surface area contributed by atoms with E-state index in [1.807, 2.05) is 31.2 Å². The normalized spacial score (nSPS) is 17.8. The monoisotopic (exact) mass is 214 g/mol. The molecule has 0 unspecified atom stereocenters. The van der Waals surface area contributed by atoms with Crippen molar-refractivity contribution in [3.05, 3.63) is 59.7 Å². The molecule has 82 valence electrons. The summed E-state index contributed by atoms with van der Waals surface area (Å²) in [5.74, 6) is -0.000198. The van der Waals surface area contributed by atoms with Crippen molar-refractivity contribution >= 4 is 5.78 Å². The van der Waals surface area contributed by atoms with Crippen molar-refractivity contribution in [3.8, 4) is 0 Å². The number of ketones is 1. The second-order valence-corrected chi connectivity index (χ2v) is 3.93. The smallest absolute Gasteiger partial charge is 0.178 e. The van der Waals surface area contributed by atoms with E-state index in [1.54, 1.807) is 31.4 Å². The molecule has 0 saturated heterocycles. The molecule has 0 fully saturated rings. The first-order valence-corrected chi connectivity index (χ1v) is 5.21. The van der Waals surface area contributed by atoms with Crippen molar-refractivity contribution in [2.24, 2.45) is 0 Å². The van der Waals surface area contributed by atoms with Crippen molar-refractivity contribution in [3.63, 3.8) is 0 Å². The van der Waals surface area contributed by atoms with E-state index in [2.05, 4.69) is 0 Å². The van der Waals surface area contributed by atoms with Gasteiger partial charge in [0.1, 0.15) is 5.60 Å². The maximum atomic E-state index is 11.1. The van der Waals surface area contributed by atoms with Crippen LogP contribution in [0.4, 0.5) is 0 Å². The van der Waals surface area contributed by atoms with Gasteiger partial charge in [-0.25, -0.2) is 0 Å². The third kappa shape index (κ3) is 1.84. The first kappa shape index (κ1) is 10.8. The van der Waals surface area contributed by atoms with Gasteiger partial charge in [0.2, 0.25) is 0 Å². The molecule has 1 aromatic rings. The molecule has 0 heterocycles. The van der Waals surface area contributed by atoms with Gasteiger partial charge >= 0.3 is 0 Å². The highest BCUT2D eigenvalue weighted by molar-refractivity contribution is 6.00. The lowest BCUT2D eigenvalue weighted by Crippen LogP contribution is -2.25. The van der Waals surface area contributed by atoms with Gasteiger partial charge in [-0.1, -0.05) is 29.8 Å². The quantitative estimate of drug-likeness (QED) is 0.756. The van der Waals surface area contributed by atoms with Crippen LogP contribution in [-0.2, 0) is 15.1 Å². The highest BCUT2D eigenvalue weighted by Gasteiger charge is 2.28. The van der Waals surface area contributed by atoms with Gasteiger partial charge in [-0.3, -0.25) is 4.79 Å². The average Bonchev–Trinajstić information content (AvgIpc) is 2.32. The second-order valence-electron chi connectivity index (χ2n) is 3.93. The number of benzene rings is 1. The maximum Gasteiger partial charge on any atom is 0.178 e. The third-order valence-electron chi connectivity index (χ3n) is 2.83. The summed E-state index contributed by atoms with van der Waals surface area (Å²) in [7, 11) is 1.64. The standard InChI is InChI=1S/C14H14O2/c1-11-3-5-12(6-4-11)14(16-2)9-7-13(15)8-10-14/h3-10H,1-2H3. The zero-order valence-corrected chi connectivity index (χ0v) is 9.44. The van der Waals surface area contributed by atoms with Crippen LogP contribution in [0.2, 0.25) is 0 Å². The fourth-order valence-corrected chi connectivity index (χ4v) is 1.78. The molecular weight excluding hydrogens is 200 g/mol. The summed E-state index contributed by atoms with van der Waals surface area (Å²) in [5, 5.41) is 0. The molecule has 2 nitrogen and oxygen atoms in total. The molecule has 2 heteroatoms. The van der Waals surface area contributed by atoms with E-state index in [9.17, 15) is 4.79 Å². The zero-order chi connectivity index (χ0) is 11.6. The number of methoxy groups -OCH3 is 1. The van der Waals surface area contributed by atoms with Crippen LogP contribution in [0, 0.1) is 6.92 Å². The number of allylic oxidation sites excluding steroid dienone is 2. The molecule has 0 saturated carbocycles. The Bertz CT molecular complexity index is 436. The van der Waals surface area contributed by atoms with E-state index in [-0.39, 0.29) is 5.78 Å². The lowest BCUT2D eigenvalue weighted by atomic mass is 9.89. The number of carbonyl (C=O) groups excluding carboxylic acids is 1. The SMILES string of the molecule is COC1(c2ccc(C)cc2)C=CC(=O)C=C1. The summed E-state index contributed by atoms with van der Waals surface area (Å²) in [6.45, 7) is 2.04. The molecule has 0 radical (unpaired) electrons. The predicted molar refractivity (Wildman–Crippen MR) is 63.2 cm³/mol. The topological polar surface area (TPSA) is 26.3 Å². The zero-order valence-electron chi connectivity index (χ0n) is 9.44. The number of aryl methyl sites for hydroxylation is 1. The van der Waals surface area contributed by atoms with Crippen LogP contribution in [0.1, 0.15) is 11.1 Å². The Labute approximate surface area is 95.2 Å². The first-order valence-electron chi connectivity index (χ1n) is 5.21. The maximum absolute atomic E-state index is 11.1. The molecule has 0 aliphatic heterocycles. The van der Waals surface area contributed by atoms with Gasteiger partial charge in [0.05, 0.1) is 0 Å². The van der Waals surface area contributed by atoms with Crippen LogP contribution in [-0.4, -0.2) is 12.9 Å². The molecule has 0 spiro atoms. The lowest BCUT2D eigenvalue weighted by Gasteiger charge is -2.28. The molecule has 1 aliphatic rings. The van der Waals surface area contributed by atoms with Crippen molar-refractivity contribution < 1.29 is 9.53 Å². The summed E-state index contributed by atoms with van der Waals surface area (Å²) < 4.78 is 5.53. The Balaban J connectivity index is 2.43. The van der Waals surface area contributed by atoms with E-state index in [4.69, 9.17) is 4.74 Å². The summed E-state index contributed by atoms with van der Waals surface area (Å²) in [6, 6.07) is 8.11. The summed E-state index contributed by atoms with van der Waals surface area (Å²) in [6.07, 6.45) is 6.67. The van der Waals surface area contributed by atoms with Crippen molar-refractivity contribution in [1.29, 1.82) is 0 Å². The van der Waals surface area contributed by atoms with Gasteiger partial charge in [-0.15, -0.1) is 0 Å². The van der Waals surface area contributed by atoms with Crippen LogP contribution in [0.3, 0.4) is 0 Å². The molecule has 0 aromatic heterocycles. The number of rotatable bonds is 2. The molecule has 0 atom stereocenters. The minimum atomic E-state index is -0.596. The fraction of sp³-hybridized carbons (Fsp3) is 0.214. The first-order chi connectivity index (χ1) is 7.66. The van der Waals surface area contributed by atoms with Gasteiger partial charge in [-0.2, -0.15) is 0 Å². The third-order valence-corrected chi connectivity index (χ3v) is 2.83. The van der Waals surface area contributed by atoms with E-state index >= 15 is 0 Å². The molecular formula is C14H14O2. The number of hydrogen-bond donors (Lipinski definition) is 0. The van der Waals surface area contributed by atoms with E-state index in [0.29, 0.717) is 0 Å². The molecule has 0 N–H and O–H groups in total. The van der Waals surface area contributed by atoms with E-state index in [0.717, 1.165) is 5.56 Å². The average molecular weight is 214 g/mol. The second kappa shape index (κ2) is 4.06. The molecule has 1 aromatic carbocycles. The number of carbonyl (C=O) groups is 1. The molecule has 16 heavy (non-hydrogen) atoms. The van der Waals surface area contributed by atoms with Crippen LogP contribution >= 0.6 is 0 Å². The Kier molecular flexibility index (Phi) is 2.75. The van der Waals surface area contributed by atoms with Crippen molar-refractivity contribution in [1.82, 2.24) is 0 Å². The van der Waals surface area contributed by atoms with E-state index in [1.165, 1.54) is 5.56 Å². The minimum absolute atomic E-state index is 0.000198. The molecule has 1 aliphatic carbocycles. The fourth-order valence-electron chi connectivity index (χ4n) is 1.78. The molecule has 0 bridgehead atoms. The highest BCUT2D eigenvalue weighted by atomic mass is 16.5. The van der Waals surface area contributed by atoms with Crippen LogP contribution in [0.5, 0.6) is 0 Å². The van der Waals surface area contributed by atoms with Crippen LogP contribution < -0.4 is 0 Å². The Morgan fingerprint density at radius 3 is 2.12 bits per heavy atom. The molecule has 2 rings (SSSR count). The van der Waals surface area contributed by atoms with Gasteiger partial charge in [-0.05, 0) is 36.8 Å². The Hall–Kier alpha value is -1.67. The summed E-state index contributed by atoms with van der Waals surface area (Å²) >= 11 is 0. The largest absolute Gasteiger partial charge is 0.365 e. The van der Waals surface area contributed by atoms with E-state index < -0.39 is 5.60 Å². The Morgan fingerprint density at radius 2 is 1.62 bits per heavy atom. The van der Waals surface area contributed by atoms with Crippen molar-refractivity contribution in [2.45, 2.75) is 12.5 Å². The van der Waals surface area contributed by atoms with Crippen LogP contribution in [0.25, 0.3) is 0 Å². The van der Waals surface area contributed by atoms with Crippen LogP contribution in [0.15, 0.2) is 48.6 Å². The molecule has 0 amide bonds.